The number of aromatic nitrogens is 6. The number of hydrogen-bond acceptors (Lipinski definition) is 4. The molecule has 0 radical (unpaired) electrons. The van der Waals surface area contributed by atoms with Crippen molar-refractivity contribution in [3.05, 3.63) is 58.6 Å². The molecule has 4 aromatic rings. The van der Waals surface area contributed by atoms with Crippen LogP contribution in [0.1, 0.15) is 36.0 Å². The molecule has 5 rings (SSSR count). The number of hydrogen-bond donors (Lipinski definition) is 1. The van der Waals surface area contributed by atoms with Gasteiger partial charge in [0.25, 0.3) is 0 Å². The number of H-pyrrole nitrogens is 1. The van der Waals surface area contributed by atoms with Crippen molar-refractivity contribution in [1.29, 1.82) is 0 Å². The van der Waals surface area contributed by atoms with Gasteiger partial charge in [-0.3, -0.25) is 5.10 Å². The molecule has 0 aliphatic carbocycles. The first-order chi connectivity index (χ1) is 12.7. The van der Waals surface area contributed by atoms with E-state index < -0.39 is 0 Å². The number of aryl methyl sites for hydroxylation is 2. The first-order valence-corrected chi connectivity index (χ1v) is 9.09. The minimum absolute atomic E-state index is 0.210. The van der Waals surface area contributed by atoms with Gasteiger partial charge in [0.2, 0.25) is 0 Å². The fourth-order valence-electron chi connectivity index (χ4n) is 3.74. The Morgan fingerprint density at radius 1 is 1.19 bits per heavy atom. The Hall–Kier alpha value is -2.73. The second-order valence-electron chi connectivity index (χ2n) is 6.71. The van der Waals surface area contributed by atoms with Gasteiger partial charge in [-0.1, -0.05) is 23.7 Å². The summed E-state index contributed by atoms with van der Waals surface area (Å²) in [6, 6.07) is 10.4. The molecule has 0 bridgehead atoms. The van der Waals surface area contributed by atoms with Crippen molar-refractivity contribution in [2.24, 2.45) is 0 Å². The van der Waals surface area contributed by atoms with E-state index in [-0.39, 0.29) is 6.04 Å². The smallest absolute Gasteiger partial charge is 0.181 e. The van der Waals surface area contributed by atoms with Gasteiger partial charge in [-0.25, -0.2) is 4.98 Å². The monoisotopic (exact) mass is 364 g/mol. The SMILES string of the molecule is Cc1[nH]nc2ncc(-c3nnc4n3C(c3ccc(Cl)cc3)CCC4)cc12. The molecule has 1 atom stereocenters. The molecule has 0 saturated carbocycles. The second-order valence-corrected chi connectivity index (χ2v) is 7.15. The minimum atomic E-state index is 0.210. The lowest BCUT2D eigenvalue weighted by atomic mass is 9.96. The van der Waals surface area contributed by atoms with Gasteiger partial charge in [-0.15, -0.1) is 10.2 Å². The van der Waals surface area contributed by atoms with Crippen molar-refractivity contribution in [3.8, 4) is 11.4 Å². The first-order valence-electron chi connectivity index (χ1n) is 8.71. The van der Waals surface area contributed by atoms with Gasteiger partial charge in [0.15, 0.2) is 11.5 Å². The maximum atomic E-state index is 6.07. The van der Waals surface area contributed by atoms with Crippen LogP contribution in [0.15, 0.2) is 36.5 Å². The fraction of sp³-hybridized carbons (Fsp3) is 0.263. The zero-order chi connectivity index (χ0) is 17.7. The molecule has 4 heterocycles. The molecule has 6 nitrogen and oxygen atoms in total. The lowest BCUT2D eigenvalue weighted by Gasteiger charge is -2.26. The number of rotatable bonds is 2. The second kappa shape index (κ2) is 5.92. The van der Waals surface area contributed by atoms with Crippen LogP contribution in [0.5, 0.6) is 0 Å². The summed E-state index contributed by atoms with van der Waals surface area (Å²) in [4.78, 5) is 4.48. The lowest BCUT2D eigenvalue weighted by Crippen LogP contribution is -2.20. The molecule has 1 aromatic carbocycles. The van der Waals surface area contributed by atoms with Crippen molar-refractivity contribution in [2.75, 3.05) is 0 Å². The molecule has 7 heteroatoms. The Kier molecular flexibility index (Phi) is 3.53. The van der Waals surface area contributed by atoms with Crippen LogP contribution in [-0.2, 0) is 6.42 Å². The molecular weight excluding hydrogens is 348 g/mol. The van der Waals surface area contributed by atoms with Crippen molar-refractivity contribution in [1.82, 2.24) is 29.9 Å². The van der Waals surface area contributed by atoms with Gasteiger partial charge in [-0.2, -0.15) is 5.10 Å². The number of nitrogens with zero attached hydrogens (tertiary/aromatic N) is 5. The van der Waals surface area contributed by atoms with Crippen molar-refractivity contribution in [2.45, 2.75) is 32.2 Å². The topological polar surface area (TPSA) is 72.3 Å². The van der Waals surface area contributed by atoms with Crippen LogP contribution in [-0.4, -0.2) is 29.9 Å². The van der Waals surface area contributed by atoms with Gasteiger partial charge in [0.1, 0.15) is 5.82 Å². The number of aromatic amines is 1. The normalized spacial score (nSPS) is 16.8. The average Bonchev–Trinajstić information content (AvgIpc) is 3.26. The summed E-state index contributed by atoms with van der Waals surface area (Å²) in [6.07, 6.45) is 4.93. The van der Waals surface area contributed by atoms with Gasteiger partial charge >= 0.3 is 0 Å². The Balaban J connectivity index is 1.66. The molecular formula is C19H17ClN6. The van der Waals surface area contributed by atoms with E-state index in [0.29, 0.717) is 0 Å². The molecule has 0 saturated heterocycles. The molecule has 26 heavy (non-hydrogen) atoms. The van der Waals surface area contributed by atoms with Crippen LogP contribution < -0.4 is 0 Å². The molecule has 0 spiro atoms. The Bertz CT molecular complexity index is 1100. The summed E-state index contributed by atoms with van der Waals surface area (Å²) in [5, 5.41) is 17.9. The molecule has 1 unspecified atom stereocenters. The van der Waals surface area contributed by atoms with E-state index in [1.165, 1.54) is 5.56 Å². The molecule has 130 valence electrons. The van der Waals surface area contributed by atoms with Crippen LogP contribution in [0.4, 0.5) is 0 Å². The molecule has 0 fully saturated rings. The van der Waals surface area contributed by atoms with Crippen LogP contribution in [0.2, 0.25) is 5.02 Å². The van der Waals surface area contributed by atoms with E-state index in [4.69, 9.17) is 11.6 Å². The molecule has 0 amide bonds. The van der Waals surface area contributed by atoms with Crippen LogP contribution in [0, 0.1) is 6.92 Å². The summed E-state index contributed by atoms with van der Waals surface area (Å²) < 4.78 is 2.25. The number of fused-ring (bicyclic) bond motifs is 2. The lowest BCUT2D eigenvalue weighted by molar-refractivity contribution is 0.454. The van der Waals surface area contributed by atoms with Crippen LogP contribution in [0.3, 0.4) is 0 Å². The van der Waals surface area contributed by atoms with E-state index >= 15 is 0 Å². The molecule has 1 aliphatic heterocycles. The van der Waals surface area contributed by atoms with E-state index in [1.54, 1.807) is 0 Å². The highest BCUT2D eigenvalue weighted by molar-refractivity contribution is 6.30. The summed E-state index contributed by atoms with van der Waals surface area (Å²) in [7, 11) is 0. The Labute approximate surface area is 155 Å². The first kappa shape index (κ1) is 15.5. The third kappa shape index (κ3) is 2.41. The van der Waals surface area contributed by atoms with Gasteiger partial charge in [0, 0.05) is 34.3 Å². The summed E-state index contributed by atoms with van der Waals surface area (Å²) >= 11 is 6.07. The van der Waals surface area contributed by atoms with Gasteiger partial charge < -0.3 is 4.57 Å². The minimum Gasteiger partial charge on any atom is -0.303 e. The highest BCUT2D eigenvalue weighted by Gasteiger charge is 2.27. The van der Waals surface area contributed by atoms with Crippen molar-refractivity contribution < 1.29 is 0 Å². The maximum absolute atomic E-state index is 6.07. The van der Waals surface area contributed by atoms with Gasteiger partial charge in [-0.05, 0) is 43.5 Å². The zero-order valence-corrected chi connectivity index (χ0v) is 15.0. The number of halogens is 1. The average molecular weight is 365 g/mol. The van der Waals surface area contributed by atoms with Gasteiger partial charge in [0.05, 0.1) is 6.04 Å². The standard InChI is InChI=1S/C19H17ClN6/c1-11-15-9-13(10-21-18(15)24-22-11)19-25-23-17-4-2-3-16(26(17)19)12-5-7-14(20)8-6-12/h5-10,16H,2-4H2,1H3,(H,21,22,24). The van der Waals surface area contributed by atoms with Crippen LogP contribution in [0.25, 0.3) is 22.4 Å². The summed E-state index contributed by atoms with van der Waals surface area (Å²) in [5.74, 6) is 1.88. The molecule has 1 aliphatic rings. The fourth-order valence-corrected chi connectivity index (χ4v) is 3.87. The van der Waals surface area contributed by atoms with Crippen molar-refractivity contribution >= 4 is 22.6 Å². The van der Waals surface area contributed by atoms with E-state index in [0.717, 1.165) is 58.2 Å². The third-order valence-electron chi connectivity index (χ3n) is 5.07. The summed E-state index contributed by atoms with van der Waals surface area (Å²) in [6.45, 7) is 2.00. The third-order valence-corrected chi connectivity index (χ3v) is 5.32. The highest BCUT2D eigenvalue weighted by atomic mass is 35.5. The predicted octanol–water partition coefficient (Wildman–Crippen LogP) is 4.10. The zero-order valence-electron chi connectivity index (χ0n) is 14.3. The number of benzene rings is 1. The number of pyridine rings is 1. The Morgan fingerprint density at radius 3 is 2.88 bits per heavy atom. The van der Waals surface area contributed by atoms with Crippen LogP contribution >= 0.6 is 11.6 Å². The van der Waals surface area contributed by atoms with E-state index in [2.05, 4.69) is 48.1 Å². The highest BCUT2D eigenvalue weighted by Crippen LogP contribution is 2.35. The predicted molar refractivity (Wildman–Crippen MR) is 100 cm³/mol. The maximum Gasteiger partial charge on any atom is 0.181 e. The molecule has 1 N–H and O–H groups in total. The quantitative estimate of drug-likeness (QED) is 0.581. The van der Waals surface area contributed by atoms with Crippen molar-refractivity contribution in [3.63, 3.8) is 0 Å². The van der Waals surface area contributed by atoms with E-state index in [9.17, 15) is 0 Å². The largest absolute Gasteiger partial charge is 0.303 e. The Morgan fingerprint density at radius 2 is 2.04 bits per heavy atom. The van der Waals surface area contributed by atoms with E-state index in [1.807, 2.05) is 25.3 Å². The summed E-state index contributed by atoms with van der Waals surface area (Å²) in [5.41, 5.74) is 3.91. The molecule has 3 aromatic heterocycles. The number of nitrogens with one attached hydrogen (secondary N) is 1.